The molecule has 206 valence electrons. The van der Waals surface area contributed by atoms with E-state index in [9.17, 15) is 18.8 Å². The molecule has 2 aliphatic heterocycles. The zero-order valence-corrected chi connectivity index (χ0v) is 21.9. The molecule has 1 saturated heterocycles. The highest BCUT2D eigenvalue weighted by Gasteiger charge is 2.39. The Morgan fingerprint density at radius 2 is 1.90 bits per heavy atom. The average Bonchev–Trinajstić information content (AvgIpc) is 3.58. The first-order chi connectivity index (χ1) is 19.3. The lowest BCUT2D eigenvalue weighted by molar-refractivity contribution is -0.136. The highest BCUT2D eigenvalue weighted by atomic mass is 19.1. The van der Waals surface area contributed by atoms with Gasteiger partial charge in [-0.2, -0.15) is 5.10 Å². The summed E-state index contributed by atoms with van der Waals surface area (Å²) in [6.45, 7) is 1.17. The van der Waals surface area contributed by atoms with Crippen LogP contribution in [0.2, 0.25) is 0 Å². The van der Waals surface area contributed by atoms with Crippen molar-refractivity contribution in [2.45, 2.75) is 63.1 Å². The number of amides is 3. The third kappa shape index (κ3) is 4.39. The predicted molar refractivity (Wildman–Crippen MR) is 145 cm³/mol. The lowest BCUT2D eigenvalue weighted by atomic mass is 9.80. The van der Waals surface area contributed by atoms with E-state index in [0.29, 0.717) is 42.1 Å². The van der Waals surface area contributed by atoms with Crippen LogP contribution < -0.4 is 16.4 Å². The Morgan fingerprint density at radius 1 is 1.07 bits per heavy atom. The van der Waals surface area contributed by atoms with Gasteiger partial charge in [-0.3, -0.25) is 24.4 Å². The number of carbonyl (C=O) groups is 3. The molecular weight excluding hydrogens is 513 g/mol. The SMILES string of the molecule is Nc1nc(-c2cn(C3CC(CNc4ccc5c(c4)CN(C4CCC(=O)NC4=O)C5=O)C3)nc2C2CC2)ccc1F. The van der Waals surface area contributed by atoms with Crippen LogP contribution in [0.5, 0.6) is 0 Å². The van der Waals surface area contributed by atoms with Crippen LogP contribution in [0.25, 0.3) is 11.3 Å². The number of rotatable bonds is 7. The summed E-state index contributed by atoms with van der Waals surface area (Å²) >= 11 is 0. The van der Waals surface area contributed by atoms with Crippen LogP contribution in [0, 0.1) is 11.7 Å². The van der Waals surface area contributed by atoms with E-state index in [-0.39, 0.29) is 24.1 Å². The fraction of sp³-hybridized carbons (Fsp3) is 0.414. The zero-order chi connectivity index (χ0) is 27.5. The molecule has 2 aromatic heterocycles. The average molecular weight is 544 g/mol. The normalized spacial score (nSPS) is 24.1. The van der Waals surface area contributed by atoms with Crippen LogP contribution in [0.1, 0.15) is 72.1 Å². The minimum Gasteiger partial charge on any atom is -0.385 e. The maximum atomic E-state index is 13.7. The monoisotopic (exact) mass is 543 g/mol. The molecule has 11 heteroatoms. The summed E-state index contributed by atoms with van der Waals surface area (Å²) in [6.07, 6.45) is 6.82. The number of pyridine rings is 1. The quantitative estimate of drug-likeness (QED) is 0.389. The van der Waals surface area contributed by atoms with Crippen molar-refractivity contribution in [3.05, 3.63) is 59.2 Å². The first-order valence-electron chi connectivity index (χ1n) is 13.9. The van der Waals surface area contributed by atoms with Crippen LogP contribution in [-0.2, 0) is 16.1 Å². The predicted octanol–water partition coefficient (Wildman–Crippen LogP) is 3.37. The number of piperidine rings is 1. The molecule has 2 saturated carbocycles. The number of nitrogens with two attached hydrogens (primary N) is 1. The van der Waals surface area contributed by atoms with E-state index in [0.717, 1.165) is 54.7 Å². The molecule has 1 aromatic carbocycles. The maximum Gasteiger partial charge on any atom is 0.255 e. The molecule has 3 aromatic rings. The highest BCUT2D eigenvalue weighted by molar-refractivity contribution is 6.05. The second-order valence-corrected chi connectivity index (χ2v) is 11.4. The number of fused-ring (bicyclic) bond motifs is 1. The summed E-state index contributed by atoms with van der Waals surface area (Å²) in [4.78, 5) is 42.5. The molecule has 10 nitrogen and oxygen atoms in total. The zero-order valence-electron chi connectivity index (χ0n) is 21.9. The third-order valence-electron chi connectivity index (χ3n) is 8.58. The summed E-state index contributed by atoms with van der Waals surface area (Å²) in [7, 11) is 0. The number of halogens is 1. The lowest BCUT2D eigenvalue weighted by Crippen LogP contribution is -2.52. The molecule has 2 aliphatic carbocycles. The minimum absolute atomic E-state index is 0.0959. The first-order valence-corrected chi connectivity index (χ1v) is 13.9. The molecule has 1 atom stereocenters. The van der Waals surface area contributed by atoms with Gasteiger partial charge in [0, 0.05) is 48.4 Å². The Kier molecular flexibility index (Phi) is 5.83. The van der Waals surface area contributed by atoms with Crippen molar-refractivity contribution >= 4 is 29.2 Å². The standard InChI is InChI=1S/C29H30FN7O3/c30-22-5-6-23(33-27(22)31)21-14-37(35-26(21)16-1-2-16)19-9-15(10-19)12-32-18-3-4-20-17(11-18)13-36(29(20)40)24-7-8-25(38)34-28(24)39/h3-6,11,14-16,19,24,32H,1-2,7-10,12-13H2,(H2,31,33)(H,34,38,39). The maximum absolute atomic E-state index is 13.7. The minimum atomic E-state index is -0.611. The van der Waals surface area contributed by atoms with Crippen molar-refractivity contribution in [3.63, 3.8) is 0 Å². The number of nitrogens with one attached hydrogen (secondary N) is 2. The Balaban J connectivity index is 0.971. The lowest BCUT2D eigenvalue weighted by Gasteiger charge is -2.35. The Morgan fingerprint density at radius 3 is 2.65 bits per heavy atom. The van der Waals surface area contributed by atoms with Gasteiger partial charge in [0.1, 0.15) is 6.04 Å². The molecular formula is C29H30FN7O3. The number of nitrogen functional groups attached to an aromatic ring is 1. The summed E-state index contributed by atoms with van der Waals surface area (Å²) < 4.78 is 15.7. The summed E-state index contributed by atoms with van der Waals surface area (Å²) in [6, 6.07) is 8.42. The van der Waals surface area contributed by atoms with Gasteiger partial charge in [-0.05, 0) is 73.9 Å². The first kappa shape index (κ1) is 24.7. The molecule has 7 rings (SSSR count). The summed E-state index contributed by atoms with van der Waals surface area (Å²) in [5.74, 6) is -0.554. The van der Waals surface area contributed by atoms with E-state index in [1.54, 1.807) is 11.0 Å². The molecule has 0 spiro atoms. The molecule has 0 radical (unpaired) electrons. The fourth-order valence-electron chi connectivity index (χ4n) is 6.09. The topological polar surface area (TPSA) is 135 Å². The van der Waals surface area contributed by atoms with Gasteiger partial charge >= 0.3 is 0 Å². The van der Waals surface area contributed by atoms with Crippen LogP contribution in [0.15, 0.2) is 36.5 Å². The van der Waals surface area contributed by atoms with Crippen molar-refractivity contribution in [1.29, 1.82) is 0 Å². The summed E-state index contributed by atoms with van der Waals surface area (Å²) in [5, 5.41) is 10.8. The van der Waals surface area contributed by atoms with Crippen LogP contribution >= 0.6 is 0 Å². The van der Waals surface area contributed by atoms with Crippen LogP contribution in [0.4, 0.5) is 15.9 Å². The molecule has 0 bridgehead atoms. The number of hydrogen-bond donors (Lipinski definition) is 3. The van der Waals surface area contributed by atoms with E-state index in [2.05, 4.69) is 15.6 Å². The molecule has 3 fully saturated rings. The van der Waals surface area contributed by atoms with Crippen molar-refractivity contribution in [1.82, 2.24) is 25.0 Å². The smallest absolute Gasteiger partial charge is 0.255 e. The molecule has 1 unspecified atom stereocenters. The number of nitrogens with zero attached hydrogens (tertiary/aromatic N) is 4. The van der Waals surface area contributed by atoms with Crippen molar-refractivity contribution in [2.24, 2.45) is 5.92 Å². The van der Waals surface area contributed by atoms with Gasteiger partial charge in [0.25, 0.3) is 5.91 Å². The largest absolute Gasteiger partial charge is 0.385 e. The van der Waals surface area contributed by atoms with E-state index >= 15 is 0 Å². The van der Waals surface area contributed by atoms with Gasteiger partial charge in [-0.15, -0.1) is 0 Å². The van der Waals surface area contributed by atoms with E-state index in [4.69, 9.17) is 10.8 Å². The highest BCUT2D eigenvalue weighted by Crippen LogP contribution is 2.45. The molecule has 4 N–H and O–H groups in total. The van der Waals surface area contributed by atoms with Gasteiger partial charge in [0.05, 0.1) is 17.4 Å². The molecule has 4 heterocycles. The van der Waals surface area contributed by atoms with E-state index < -0.39 is 17.8 Å². The van der Waals surface area contributed by atoms with Crippen LogP contribution in [0.3, 0.4) is 0 Å². The van der Waals surface area contributed by atoms with Gasteiger partial charge < -0.3 is 16.0 Å². The van der Waals surface area contributed by atoms with E-state index in [1.165, 1.54) is 6.07 Å². The van der Waals surface area contributed by atoms with Gasteiger partial charge in [-0.1, -0.05) is 0 Å². The van der Waals surface area contributed by atoms with Crippen molar-refractivity contribution in [3.8, 4) is 11.3 Å². The Bertz CT molecular complexity index is 1540. The van der Waals surface area contributed by atoms with Crippen molar-refractivity contribution < 1.29 is 18.8 Å². The second kappa shape index (κ2) is 9.42. The van der Waals surface area contributed by atoms with E-state index in [1.807, 2.05) is 29.1 Å². The number of carbonyl (C=O) groups excluding carboxylic acids is 3. The molecule has 4 aliphatic rings. The van der Waals surface area contributed by atoms with Gasteiger partial charge in [0.15, 0.2) is 11.6 Å². The second-order valence-electron chi connectivity index (χ2n) is 11.4. The number of hydrogen-bond acceptors (Lipinski definition) is 7. The number of benzene rings is 1. The summed E-state index contributed by atoms with van der Waals surface area (Å²) in [5.41, 5.74) is 10.8. The number of aromatic nitrogens is 3. The molecule has 40 heavy (non-hydrogen) atoms. The number of imide groups is 1. The van der Waals surface area contributed by atoms with Gasteiger partial charge in [0.2, 0.25) is 11.8 Å². The Hall–Kier alpha value is -4.28. The fourth-order valence-corrected chi connectivity index (χ4v) is 6.09. The number of anilines is 2. The van der Waals surface area contributed by atoms with Crippen molar-refractivity contribution in [2.75, 3.05) is 17.6 Å². The third-order valence-corrected chi connectivity index (χ3v) is 8.58. The van der Waals surface area contributed by atoms with Crippen LogP contribution in [-0.4, -0.2) is 50.0 Å². The molecule has 3 amide bonds. The Labute approximate surface area is 230 Å². The van der Waals surface area contributed by atoms with Gasteiger partial charge in [-0.25, -0.2) is 9.37 Å².